The molecule has 1 fully saturated rings. The van der Waals surface area contributed by atoms with E-state index in [-0.39, 0.29) is 0 Å². The molecule has 1 aliphatic heterocycles. The number of nitrogens with zero attached hydrogens (tertiary/aromatic N) is 1. The van der Waals surface area contributed by atoms with Crippen molar-refractivity contribution >= 4 is 11.6 Å². The van der Waals surface area contributed by atoms with Gasteiger partial charge in [-0.3, -0.25) is 0 Å². The van der Waals surface area contributed by atoms with Crippen molar-refractivity contribution in [1.29, 1.82) is 0 Å². The van der Waals surface area contributed by atoms with Gasteiger partial charge in [-0.05, 0) is 24.0 Å². The van der Waals surface area contributed by atoms with Crippen LogP contribution in [0.1, 0.15) is 30.9 Å². The molecule has 0 spiro atoms. The molecular weight excluding hydrogens is 300 g/mol. The van der Waals surface area contributed by atoms with Gasteiger partial charge in [0.15, 0.2) is 11.5 Å². The SMILES string of the molecule is COc1c(Cl)cc(CCN2CCNCC2)c(C(C)C)c1OC. The van der Waals surface area contributed by atoms with E-state index in [0.29, 0.717) is 16.7 Å². The fourth-order valence-corrected chi connectivity index (χ4v) is 3.41. The number of nitrogens with one attached hydrogen (secondary N) is 1. The molecule has 22 heavy (non-hydrogen) atoms. The molecule has 0 bridgehead atoms. The molecule has 0 amide bonds. The minimum Gasteiger partial charge on any atom is -0.492 e. The quantitative estimate of drug-likeness (QED) is 0.871. The first-order chi connectivity index (χ1) is 10.6. The van der Waals surface area contributed by atoms with Crippen LogP contribution in [0, 0.1) is 0 Å². The number of hydrogen-bond acceptors (Lipinski definition) is 4. The molecule has 0 aromatic heterocycles. The highest BCUT2D eigenvalue weighted by atomic mass is 35.5. The highest BCUT2D eigenvalue weighted by Crippen LogP contribution is 2.43. The van der Waals surface area contributed by atoms with Crippen molar-refractivity contribution in [2.24, 2.45) is 0 Å². The summed E-state index contributed by atoms with van der Waals surface area (Å²) in [6, 6.07) is 2.04. The van der Waals surface area contributed by atoms with E-state index in [9.17, 15) is 0 Å². The molecule has 0 aliphatic carbocycles. The van der Waals surface area contributed by atoms with Crippen LogP contribution in [0.5, 0.6) is 11.5 Å². The second kappa shape index (κ2) is 8.04. The molecule has 2 rings (SSSR count). The zero-order chi connectivity index (χ0) is 16.1. The Labute approximate surface area is 138 Å². The van der Waals surface area contributed by atoms with Crippen molar-refractivity contribution in [1.82, 2.24) is 10.2 Å². The van der Waals surface area contributed by atoms with Crippen LogP contribution >= 0.6 is 11.6 Å². The lowest BCUT2D eigenvalue weighted by Gasteiger charge is -2.28. The molecule has 1 saturated heterocycles. The molecule has 0 unspecified atom stereocenters. The Morgan fingerprint density at radius 2 is 1.82 bits per heavy atom. The highest BCUT2D eigenvalue weighted by Gasteiger charge is 2.21. The Hall–Kier alpha value is -0.970. The predicted octanol–water partition coefficient (Wildman–Crippen LogP) is 2.93. The fourth-order valence-electron chi connectivity index (χ4n) is 3.12. The number of halogens is 1. The summed E-state index contributed by atoms with van der Waals surface area (Å²) in [5.74, 6) is 1.78. The minimum atomic E-state index is 0.360. The molecule has 1 aromatic rings. The van der Waals surface area contributed by atoms with E-state index in [1.807, 2.05) is 6.07 Å². The average Bonchev–Trinajstić information content (AvgIpc) is 2.52. The maximum absolute atomic E-state index is 6.38. The van der Waals surface area contributed by atoms with E-state index in [1.54, 1.807) is 14.2 Å². The van der Waals surface area contributed by atoms with Crippen molar-refractivity contribution in [2.45, 2.75) is 26.2 Å². The molecule has 0 radical (unpaired) electrons. The van der Waals surface area contributed by atoms with Gasteiger partial charge in [0, 0.05) is 38.3 Å². The molecule has 1 heterocycles. The van der Waals surface area contributed by atoms with Crippen molar-refractivity contribution in [2.75, 3.05) is 46.9 Å². The molecule has 0 atom stereocenters. The molecule has 0 saturated carbocycles. The van der Waals surface area contributed by atoms with Gasteiger partial charge in [-0.2, -0.15) is 0 Å². The van der Waals surface area contributed by atoms with Crippen LogP contribution in [-0.2, 0) is 6.42 Å². The molecule has 1 N–H and O–H groups in total. The van der Waals surface area contributed by atoms with E-state index >= 15 is 0 Å². The van der Waals surface area contributed by atoms with Gasteiger partial charge in [0.1, 0.15) is 0 Å². The van der Waals surface area contributed by atoms with Gasteiger partial charge in [-0.1, -0.05) is 25.4 Å². The third kappa shape index (κ3) is 3.86. The van der Waals surface area contributed by atoms with Crippen LogP contribution in [-0.4, -0.2) is 51.8 Å². The van der Waals surface area contributed by atoms with Crippen molar-refractivity contribution in [3.05, 3.63) is 22.2 Å². The average molecular weight is 327 g/mol. The van der Waals surface area contributed by atoms with Gasteiger partial charge in [-0.25, -0.2) is 0 Å². The van der Waals surface area contributed by atoms with Gasteiger partial charge in [0.05, 0.1) is 19.2 Å². The number of rotatable bonds is 6. The van der Waals surface area contributed by atoms with Crippen LogP contribution in [0.4, 0.5) is 0 Å². The molecule has 5 heteroatoms. The standard InChI is InChI=1S/C17H27ClN2O2/c1-12(2)15-13(5-8-20-9-6-19-7-10-20)11-14(18)16(21-3)17(15)22-4/h11-12,19H,5-10H2,1-4H3. The molecule has 124 valence electrons. The van der Waals surface area contributed by atoms with E-state index in [0.717, 1.165) is 44.9 Å². The normalized spacial score (nSPS) is 16.1. The number of hydrogen-bond donors (Lipinski definition) is 1. The summed E-state index contributed by atoms with van der Waals surface area (Å²) < 4.78 is 11.0. The maximum atomic E-state index is 6.38. The molecule has 4 nitrogen and oxygen atoms in total. The summed E-state index contributed by atoms with van der Waals surface area (Å²) in [5, 5.41) is 4.01. The second-order valence-electron chi connectivity index (χ2n) is 5.99. The summed E-state index contributed by atoms with van der Waals surface area (Å²) >= 11 is 6.38. The van der Waals surface area contributed by atoms with Crippen LogP contribution in [0.25, 0.3) is 0 Å². The Balaban J connectivity index is 2.26. The first-order valence-electron chi connectivity index (χ1n) is 7.94. The summed E-state index contributed by atoms with van der Waals surface area (Å²) in [6.07, 6.45) is 0.980. The molecule has 1 aliphatic rings. The first kappa shape index (κ1) is 17.4. The van der Waals surface area contributed by atoms with E-state index < -0.39 is 0 Å². The largest absolute Gasteiger partial charge is 0.492 e. The molecular formula is C17H27ClN2O2. The maximum Gasteiger partial charge on any atom is 0.179 e. The van der Waals surface area contributed by atoms with Crippen LogP contribution in [0.2, 0.25) is 5.02 Å². The summed E-state index contributed by atoms with van der Waals surface area (Å²) in [7, 11) is 3.31. The third-order valence-electron chi connectivity index (χ3n) is 4.21. The van der Waals surface area contributed by atoms with E-state index in [1.165, 1.54) is 11.1 Å². The van der Waals surface area contributed by atoms with Crippen molar-refractivity contribution in [3.63, 3.8) is 0 Å². The first-order valence-corrected chi connectivity index (χ1v) is 8.32. The Morgan fingerprint density at radius 1 is 1.18 bits per heavy atom. The summed E-state index contributed by atoms with van der Waals surface area (Å²) in [5.41, 5.74) is 2.47. The lowest BCUT2D eigenvalue weighted by Crippen LogP contribution is -2.44. The van der Waals surface area contributed by atoms with Gasteiger partial charge in [-0.15, -0.1) is 0 Å². The zero-order valence-corrected chi connectivity index (χ0v) is 14.8. The summed E-state index contributed by atoms with van der Waals surface area (Å²) in [6.45, 7) is 9.77. The smallest absolute Gasteiger partial charge is 0.179 e. The second-order valence-corrected chi connectivity index (χ2v) is 6.40. The third-order valence-corrected chi connectivity index (χ3v) is 4.49. The van der Waals surface area contributed by atoms with Crippen LogP contribution in [0.3, 0.4) is 0 Å². The van der Waals surface area contributed by atoms with Crippen LogP contribution in [0.15, 0.2) is 6.07 Å². The van der Waals surface area contributed by atoms with Crippen molar-refractivity contribution in [3.8, 4) is 11.5 Å². The number of methoxy groups -OCH3 is 2. The van der Waals surface area contributed by atoms with Crippen LogP contribution < -0.4 is 14.8 Å². The van der Waals surface area contributed by atoms with Crippen molar-refractivity contribution < 1.29 is 9.47 Å². The number of benzene rings is 1. The lowest BCUT2D eigenvalue weighted by atomic mass is 9.93. The minimum absolute atomic E-state index is 0.360. The number of piperazine rings is 1. The Kier molecular flexibility index (Phi) is 6.36. The van der Waals surface area contributed by atoms with E-state index in [2.05, 4.69) is 24.1 Å². The predicted molar refractivity (Wildman–Crippen MR) is 91.7 cm³/mol. The van der Waals surface area contributed by atoms with Gasteiger partial charge in [0.2, 0.25) is 0 Å². The van der Waals surface area contributed by atoms with Gasteiger partial charge >= 0.3 is 0 Å². The fraction of sp³-hybridized carbons (Fsp3) is 0.647. The van der Waals surface area contributed by atoms with E-state index in [4.69, 9.17) is 21.1 Å². The Morgan fingerprint density at radius 3 is 2.36 bits per heavy atom. The van der Waals surface area contributed by atoms with Gasteiger partial charge in [0.25, 0.3) is 0 Å². The summed E-state index contributed by atoms with van der Waals surface area (Å²) in [4.78, 5) is 2.49. The van der Waals surface area contributed by atoms with Gasteiger partial charge < -0.3 is 19.7 Å². The zero-order valence-electron chi connectivity index (χ0n) is 14.0. The topological polar surface area (TPSA) is 33.7 Å². The lowest BCUT2D eigenvalue weighted by molar-refractivity contribution is 0.243. The monoisotopic (exact) mass is 326 g/mol. The number of ether oxygens (including phenoxy) is 2. The molecule has 1 aromatic carbocycles. The highest BCUT2D eigenvalue weighted by molar-refractivity contribution is 6.32. The Bertz CT molecular complexity index is 500.